The molecule has 0 saturated heterocycles. The Hall–Kier alpha value is -1.06. The molecule has 0 aromatic rings. The minimum atomic E-state index is -0.138. The zero-order chi connectivity index (χ0) is 17.6. The van der Waals surface area contributed by atoms with Gasteiger partial charge in [-0.3, -0.25) is 9.59 Å². The molecule has 0 heterocycles. The van der Waals surface area contributed by atoms with Crippen LogP contribution in [-0.4, -0.2) is 25.2 Å². The highest BCUT2D eigenvalue weighted by Crippen LogP contribution is 2.30. The molecule has 2 unspecified atom stereocenters. The molecule has 0 radical (unpaired) electrons. The van der Waals surface area contributed by atoms with Gasteiger partial charge in [0.25, 0.3) is 0 Å². The number of esters is 2. The molecule has 2 atom stereocenters. The van der Waals surface area contributed by atoms with E-state index in [0.717, 1.165) is 38.5 Å². The average Bonchev–Trinajstić information content (AvgIpc) is 2.61. The van der Waals surface area contributed by atoms with Crippen molar-refractivity contribution in [1.29, 1.82) is 0 Å². The van der Waals surface area contributed by atoms with Crippen LogP contribution >= 0.6 is 0 Å². The lowest BCUT2D eigenvalue weighted by Crippen LogP contribution is -2.30. The topological polar surface area (TPSA) is 52.6 Å². The van der Waals surface area contributed by atoms with E-state index in [1.165, 1.54) is 32.1 Å². The third-order valence-corrected chi connectivity index (χ3v) is 4.78. The monoisotopic (exact) mass is 340 g/mol. The van der Waals surface area contributed by atoms with Crippen LogP contribution in [0.4, 0.5) is 0 Å². The van der Waals surface area contributed by atoms with Crippen LogP contribution in [0.5, 0.6) is 0 Å². The van der Waals surface area contributed by atoms with E-state index in [4.69, 9.17) is 9.47 Å². The van der Waals surface area contributed by atoms with Crippen LogP contribution in [0.15, 0.2) is 0 Å². The third-order valence-electron chi connectivity index (χ3n) is 4.78. The summed E-state index contributed by atoms with van der Waals surface area (Å²) in [5.41, 5.74) is 0. The zero-order valence-corrected chi connectivity index (χ0v) is 15.7. The van der Waals surface area contributed by atoms with Gasteiger partial charge in [0.15, 0.2) is 0 Å². The lowest BCUT2D eigenvalue weighted by molar-refractivity contribution is -0.155. The van der Waals surface area contributed by atoms with Crippen LogP contribution < -0.4 is 0 Å². The van der Waals surface area contributed by atoms with Gasteiger partial charge in [0.2, 0.25) is 0 Å². The van der Waals surface area contributed by atoms with Crippen LogP contribution in [-0.2, 0) is 19.1 Å². The smallest absolute Gasteiger partial charge is 0.308 e. The summed E-state index contributed by atoms with van der Waals surface area (Å²) in [7, 11) is 0. The maximum Gasteiger partial charge on any atom is 0.308 e. The van der Waals surface area contributed by atoms with Crippen molar-refractivity contribution in [3.8, 4) is 0 Å². The van der Waals surface area contributed by atoms with Crippen molar-refractivity contribution < 1.29 is 19.1 Å². The van der Waals surface area contributed by atoms with Gasteiger partial charge in [0, 0.05) is 0 Å². The summed E-state index contributed by atoms with van der Waals surface area (Å²) < 4.78 is 10.6. The number of carbonyl (C=O) groups excluding carboxylic acids is 2. The molecule has 1 fully saturated rings. The third kappa shape index (κ3) is 8.70. The normalized spacial score (nSPS) is 20.6. The molecule has 1 saturated carbocycles. The molecule has 0 spiro atoms. The Bertz CT molecular complexity index is 354. The van der Waals surface area contributed by atoms with Gasteiger partial charge in [-0.05, 0) is 32.1 Å². The molecular weight excluding hydrogens is 304 g/mol. The maximum atomic E-state index is 12.2. The Morgan fingerprint density at radius 2 is 1.29 bits per heavy atom. The van der Waals surface area contributed by atoms with Crippen molar-refractivity contribution in [2.75, 3.05) is 13.2 Å². The van der Waals surface area contributed by atoms with Crippen molar-refractivity contribution in [2.24, 2.45) is 11.8 Å². The summed E-state index contributed by atoms with van der Waals surface area (Å²) in [4.78, 5) is 24.1. The average molecular weight is 341 g/mol. The minimum Gasteiger partial charge on any atom is -0.465 e. The predicted octanol–water partition coefficient (Wildman–Crippen LogP) is 5.04. The van der Waals surface area contributed by atoms with Gasteiger partial charge in [0.05, 0.1) is 25.0 Å². The number of rotatable bonds is 12. The van der Waals surface area contributed by atoms with Crippen LogP contribution in [0, 0.1) is 11.8 Å². The van der Waals surface area contributed by atoms with Crippen LogP contribution in [0.3, 0.4) is 0 Å². The highest BCUT2D eigenvalue weighted by molar-refractivity contribution is 5.76. The maximum absolute atomic E-state index is 12.2. The van der Waals surface area contributed by atoms with E-state index >= 15 is 0 Å². The Morgan fingerprint density at radius 1 is 0.750 bits per heavy atom. The van der Waals surface area contributed by atoms with Crippen LogP contribution in [0.2, 0.25) is 0 Å². The molecule has 4 heteroatoms. The van der Waals surface area contributed by atoms with Gasteiger partial charge in [-0.15, -0.1) is 0 Å². The van der Waals surface area contributed by atoms with Crippen molar-refractivity contribution in [3.63, 3.8) is 0 Å². The lowest BCUT2D eigenvalue weighted by atomic mass is 9.81. The first kappa shape index (κ1) is 21.0. The summed E-state index contributed by atoms with van der Waals surface area (Å²) in [5, 5.41) is 0. The molecule has 0 N–H and O–H groups in total. The summed E-state index contributed by atoms with van der Waals surface area (Å²) in [5.74, 6) is -0.501. The molecule has 1 rings (SSSR count). The second kappa shape index (κ2) is 13.3. The Labute approximate surface area is 147 Å². The number of hydrogen-bond donors (Lipinski definition) is 0. The van der Waals surface area contributed by atoms with Crippen molar-refractivity contribution in [3.05, 3.63) is 0 Å². The molecule has 1 aliphatic carbocycles. The van der Waals surface area contributed by atoms with E-state index in [9.17, 15) is 9.59 Å². The Morgan fingerprint density at radius 3 is 1.88 bits per heavy atom. The quantitative estimate of drug-likeness (QED) is 0.369. The summed E-state index contributed by atoms with van der Waals surface area (Å²) in [6.07, 6.45) is 12.5. The standard InChI is InChI=1S/C20H36O4/c1-3-5-6-7-8-9-10-15-24-20(22)18-13-11-12-17(16-18)19(21)23-14-4-2/h17-18H,3-16H2,1-2H3. The van der Waals surface area contributed by atoms with Crippen LogP contribution in [0.1, 0.15) is 90.9 Å². The van der Waals surface area contributed by atoms with Gasteiger partial charge in [-0.1, -0.05) is 58.8 Å². The van der Waals surface area contributed by atoms with E-state index in [2.05, 4.69) is 6.92 Å². The highest BCUT2D eigenvalue weighted by Gasteiger charge is 2.32. The molecule has 0 amide bonds. The summed E-state index contributed by atoms with van der Waals surface area (Å²) in [6, 6.07) is 0. The SMILES string of the molecule is CCCCCCCCCOC(=O)C1CCCC(C(=O)OCCC)C1. The largest absolute Gasteiger partial charge is 0.465 e. The van der Waals surface area contributed by atoms with E-state index < -0.39 is 0 Å². The van der Waals surface area contributed by atoms with Gasteiger partial charge < -0.3 is 9.47 Å². The fourth-order valence-corrected chi connectivity index (χ4v) is 3.29. The molecule has 140 valence electrons. The molecule has 0 aromatic carbocycles. The zero-order valence-electron chi connectivity index (χ0n) is 15.7. The van der Waals surface area contributed by atoms with Gasteiger partial charge >= 0.3 is 11.9 Å². The van der Waals surface area contributed by atoms with E-state index in [1.807, 2.05) is 6.92 Å². The molecule has 24 heavy (non-hydrogen) atoms. The molecule has 4 nitrogen and oxygen atoms in total. The first-order valence-electron chi connectivity index (χ1n) is 10.0. The van der Waals surface area contributed by atoms with Gasteiger partial charge in [-0.2, -0.15) is 0 Å². The molecule has 0 aliphatic heterocycles. The molecule has 0 aromatic heterocycles. The molecule has 0 bridgehead atoms. The Kier molecular flexibility index (Phi) is 11.6. The first-order chi connectivity index (χ1) is 11.7. The van der Waals surface area contributed by atoms with Crippen molar-refractivity contribution in [1.82, 2.24) is 0 Å². The fraction of sp³-hybridized carbons (Fsp3) is 0.900. The Balaban J connectivity index is 2.14. The van der Waals surface area contributed by atoms with Crippen molar-refractivity contribution in [2.45, 2.75) is 90.9 Å². The molecule has 1 aliphatic rings. The highest BCUT2D eigenvalue weighted by atomic mass is 16.5. The van der Waals surface area contributed by atoms with E-state index in [-0.39, 0.29) is 23.8 Å². The number of carbonyl (C=O) groups is 2. The second-order valence-corrected chi connectivity index (χ2v) is 7.02. The van der Waals surface area contributed by atoms with E-state index in [1.54, 1.807) is 0 Å². The summed E-state index contributed by atoms with van der Waals surface area (Å²) in [6.45, 7) is 5.20. The number of ether oxygens (including phenoxy) is 2. The number of unbranched alkanes of at least 4 members (excludes halogenated alkanes) is 6. The van der Waals surface area contributed by atoms with Crippen molar-refractivity contribution >= 4 is 11.9 Å². The van der Waals surface area contributed by atoms with E-state index in [0.29, 0.717) is 19.6 Å². The minimum absolute atomic E-state index is 0.117. The fourth-order valence-electron chi connectivity index (χ4n) is 3.29. The molecular formula is C20H36O4. The number of hydrogen-bond acceptors (Lipinski definition) is 4. The first-order valence-corrected chi connectivity index (χ1v) is 10.0. The predicted molar refractivity (Wildman–Crippen MR) is 95.7 cm³/mol. The van der Waals surface area contributed by atoms with Gasteiger partial charge in [-0.25, -0.2) is 0 Å². The van der Waals surface area contributed by atoms with Gasteiger partial charge in [0.1, 0.15) is 0 Å². The summed E-state index contributed by atoms with van der Waals surface area (Å²) >= 11 is 0. The second-order valence-electron chi connectivity index (χ2n) is 7.02. The lowest BCUT2D eigenvalue weighted by Gasteiger charge is -2.26. The van der Waals surface area contributed by atoms with Crippen LogP contribution in [0.25, 0.3) is 0 Å².